The Morgan fingerprint density at radius 3 is 2.10 bits per heavy atom. The van der Waals surface area contributed by atoms with Crippen LogP contribution in [0.5, 0.6) is 0 Å². The van der Waals surface area contributed by atoms with Crippen LogP contribution < -0.4 is 0 Å². The quantitative estimate of drug-likeness (QED) is 0.546. The molecular weight excluding hydrogens is 132 g/mol. The van der Waals surface area contributed by atoms with Crippen molar-refractivity contribution in [1.82, 2.24) is 0 Å². The van der Waals surface area contributed by atoms with Crippen LogP contribution in [0.2, 0.25) is 0 Å². The molecule has 0 unspecified atom stereocenters. The van der Waals surface area contributed by atoms with Gasteiger partial charge in [0.2, 0.25) is 0 Å². The molecule has 0 aromatic carbocycles. The van der Waals surface area contributed by atoms with E-state index in [9.17, 15) is 4.79 Å². The molecule has 56 valence electrons. The summed E-state index contributed by atoms with van der Waals surface area (Å²) in [5.74, 6) is -1.03. The maximum absolute atomic E-state index is 10.5. The number of carbonyl (C=O) groups excluding carboxylic acids is 1. The van der Waals surface area contributed by atoms with E-state index in [1.165, 1.54) is 6.92 Å². The number of ether oxygens (including phenoxy) is 1. The van der Waals surface area contributed by atoms with Gasteiger partial charge in [-0.05, 0) is 0 Å². The minimum absolute atomic E-state index is 0.136. The summed E-state index contributed by atoms with van der Waals surface area (Å²) in [7, 11) is 0. The van der Waals surface area contributed by atoms with Gasteiger partial charge in [0.1, 0.15) is 0 Å². The molecule has 4 heteroatoms. The topological polar surface area (TPSA) is 51.0 Å². The first-order valence-corrected chi connectivity index (χ1v) is 3.20. The van der Waals surface area contributed by atoms with Crippen molar-refractivity contribution < 1.29 is 9.53 Å². The van der Waals surface area contributed by atoms with Gasteiger partial charge in [0, 0.05) is 12.8 Å². The second kappa shape index (κ2) is 2.04. The molecular formula is C6H10N2O2. The summed E-state index contributed by atoms with van der Waals surface area (Å²) in [6, 6.07) is 0. The Balaban J connectivity index is 2.46. The zero-order chi connectivity index (χ0) is 7.78. The number of rotatable bonds is 2. The van der Waals surface area contributed by atoms with Gasteiger partial charge in [0.05, 0.1) is 0 Å². The lowest BCUT2D eigenvalue weighted by molar-refractivity contribution is -0.152. The Bertz CT molecular complexity index is 180. The summed E-state index contributed by atoms with van der Waals surface area (Å²) in [6.07, 6.45) is 0. The van der Waals surface area contributed by atoms with Gasteiger partial charge in [-0.3, -0.25) is 4.79 Å². The Morgan fingerprint density at radius 2 is 2.00 bits per heavy atom. The van der Waals surface area contributed by atoms with E-state index >= 15 is 0 Å². The van der Waals surface area contributed by atoms with Crippen LogP contribution >= 0.6 is 0 Å². The minimum Gasteiger partial charge on any atom is -0.413 e. The fraction of sp³-hybridized carbons (Fsp3) is 0.833. The molecule has 0 bridgehead atoms. The number of hydrogen-bond acceptors (Lipinski definition) is 4. The lowest BCUT2D eigenvalue weighted by atomic mass is 10.1. The van der Waals surface area contributed by atoms with Crippen molar-refractivity contribution in [2.45, 2.75) is 26.6 Å². The maximum atomic E-state index is 10.5. The van der Waals surface area contributed by atoms with Crippen molar-refractivity contribution in [3.8, 4) is 0 Å². The highest BCUT2D eigenvalue weighted by atomic mass is 16.6. The SMILES string of the molecule is CC(=O)OC1(C(C)C)N=N1. The lowest BCUT2D eigenvalue weighted by Crippen LogP contribution is -2.25. The molecule has 0 spiro atoms. The molecule has 0 fully saturated rings. The van der Waals surface area contributed by atoms with E-state index < -0.39 is 5.85 Å². The van der Waals surface area contributed by atoms with Crippen LogP contribution in [-0.4, -0.2) is 11.8 Å². The average Bonchev–Trinajstić information content (AvgIpc) is 2.46. The van der Waals surface area contributed by atoms with Gasteiger partial charge in [-0.2, -0.15) is 0 Å². The summed E-state index contributed by atoms with van der Waals surface area (Å²) in [4.78, 5) is 10.5. The molecule has 0 aliphatic carbocycles. The molecule has 1 heterocycles. The summed E-state index contributed by atoms with van der Waals surface area (Å²) in [5.41, 5.74) is 0. The van der Waals surface area contributed by atoms with Gasteiger partial charge in [0.15, 0.2) is 0 Å². The third kappa shape index (κ3) is 1.15. The minimum atomic E-state index is -0.828. The van der Waals surface area contributed by atoms with Crippen molar-refractivity contribution in [2.75, 3.05) is 0 Å². The van der Waals surface area contributed by atoms with Crippen LogP contribution in [0.4, 0.5) is 0 Å². The van der Waals surface area contributed by atoms with Crippen molar-refractivity contribution in [3.63, 3.8) is 0 Å². The summed E-state index contributed by atoms with van der Waals surface area (Å²) < 4.78 is 4.84. The van der Waals surface area contributed by atoms with E-state index in [-0.39, 0.29) is 11.9 Å². The fourth-order valence-corrected chi connectivity index (χ4v) is 0.650. The van der Waals surface area contributed by atoms with E-state index in [1.807, 2.05) is 13.8 Å². The molecule has 0 radical (unpaired) electrons. The van der Waals surface area contributed by atoms with E-state index in [4.69, 9.17) is 4.74 Å². The third-order valence-corrected chi connectivity index (χ3v) is 1.34. The smallest absolute Gasteiger partial charge is 0.338 e. The Labute approximate surface area is 59.3 Å². The Morgan fingerprint density at radius 1 is 1.50 bits per heavy atom. The highest BCUT2D eigenvalue weighted by Gasteiger charge is 2.47. The average molecular weight is 142 g/mol. The first kappa shape index (κ1) is 7.18. The molecule has 1 aliphatic rings. The van der Waals surface area contributed by atoms with Crippen molar-refractivity contribution in [1.29, 1.82) is 0 Å². The van der Waals surface area contributed by atoms with Crippen LogP contribution in [0.15, 0.2) is 10.2 Å². The van der Waals surface area contributed by atoms with Crippen molar-refractivity contribution >= 4 is 5.97 Å². The standard InChI is InChI=1S/C6H10N2O2/c1-4(2)6(7-8-6)10-5(3)9/h4H,1-3H3. The highest BCUT2D eigenvalue weighted by molar-refractivity contribution is 5.66. The number of carbonyl (C=O) groups is 1. The van der Waals surface area contributed by atoms with E-state index in [1.54, 1.807) is 0 Å². The zero-order valence-corrected chi connectivity index (χ0v) is 6.29. The van der Waals surface area contributed by atoms with Crippen molar-refractivity contribution in [3.05, 3.63) is 0 Å². The number of esters is 1. The van der Waals surface area contributed by atoms with Gasteiger partial charge < -0.3 is 4.74 Å². The first-order valence-electron chi connectivity index (χ1n) is 3.20. The van der Waals surface area contributed by atoms with Gasteiger partial charge in [-0.25, -0.2) is 0 Å². The molecule has 0 N–H and O–H groups in total. The number of hydrogen-bond donors (Lipinski definition) is 0. The van der Waals surface area contributed by atoms with Gasteiger partial charge in [-0.15, -0.1) is 10.2 Å². The monoisotopic (exact) mass is 142 g/mol. The van der Waals surface area contributed by atoms with Crippen LogP contribution in [0, 0.1) is 5.92 Å². The molecule has 1 aliphatic heterocycles. The lowest BCUT2D eigenvalue weighted by Gasteiger charge is -2.12. The molecule has 4 nitrogen and oxygen atoms in total. The Kier molecular flexibility index (Phi) is 1.46. The Hall–Kier alpha value is -0.930. The summed E-state index contributed by atoms with van der Waals surface area (Å²) >= 11 is 0. The fourth-order valence-electron chi connectivity index (χ4n) is 0.650. The molecule has 0 saturated heterocycles. The first-order chi connectivity index (χ1) is 4.57. The van der Waals surface area contributed by atoms with E-state index in [0.717, 1.165) is 0 Å². The molecule has 0 aromatic heterocycles. The molecule has 0 atom stereocenters. The predicted octanol–water partition coefficient (Wildman–Crippen LogP) is 1.33. The van der Waals surface area contributed by atoms with Crippen LogP contribution in [0.3, 0.4) is 0 Å². The maximum Gasteiger partial charge on any atom is 0.338 e. The molecule has 10 heavy (non-hydrogen) atoms. The van der Waals surface area contributed by atoms with Gasteiger partial charge in [0.25, 0.3) is 0 Å². The second-order valence-corrected chi connectivity index (χ2v) is 2.61. The molecule has 0 aromatic rings. The van der Waals surface area contributed by atoms with Gasteiger partial charge in [-0.1, -0.05) is 13.8 Å². The van der Waals surface area contributed by atoms with Crippen molar-refractivity contribution in [2.24, 2.45) is 16.1 Å². The molecule has 0 saturated carbocycles. The van der Waals surface area contributed by atoms with Crippen LogP contribution in [-0.2, 0) is 9.53 Å². The largest absolute Gasteiger partial charge is 0.413 e. The summed E-state index contributed by atoms with van der Waals surface area (Å²) in [5, 5.41) is 7.31. The van der Waals surface area contributed by atoms with Crippen LogP contribution in [0.25, 0.3) is 0 Å². The zero-order valence-electron chi connectivity index (χ0n) is 6.29. The summed E-state index contributed by atoms with van der Waals surface area (Å²) in [6.45, 7) is 5.17. The molecule has 1 rings (SSSR count). The third-order valence-electron chi connectivity index (χ3n) is 1.34. The number of nitrogens with zero attached hydrogens (tertiary/aromatic N) is 2. The van der Waals surface area contributed by atoms with E-state index in [2.05, 4.69) is 10.2 Å². The normalized spacial score (nSPS) is 19.2. The van der Waals surface area contributed by atoms with Gasteiger partial charge >= 0.3 is 11.8 Å². The second-order valence-electron chi connectivity index (χ2n) is 2.61. The van der Waals surface area contributed by atoms with Crippen LogP contribution in [0.1, 0.15) is 20.8 Å². The van der Waals surface area contributed by atoms with E-state index in [0.29, 0.717) is 0 Å². The molecule has 0 amide bonds. The highest BCUT2D eigenvalue weighted by Crippen LogP contribution is 2.36. The predicted molar refractivity (Wildman–Crippen MR) is 34.2 cm³/mol.